The van der Waals surface area contributed by atoms with Gasteiger partial charge in [0.05, 0.1) is 17.7 Å². The van der Waals surface area contributed by atoms with Crippen LogP contribution in [0, 0.1) is 20.8 Å². The van der Waals surface area contributed by atoms with E-state index in [1.807, 2.05) is 13.8 Å². The largest absolute Gasteiger partial charge is 0.455 e. The van der Waals surface area contributed by atoms with Crippen LogP contribution in [0.4, 0.5) is 0 Å². The third-order valence-corrected chi connectivity index (χ3v) is 5.85. The van der Waals surface area contributed by atoms with Gasteiger partial charge in [-0.1, -0.05) is 35.4 Å². The lowest BCUT2D eigenvalue weighted by Gasteiger charge is -2.35. The van der Waals surface area contributed by atoms with Crippen LogP contribution in [-0.4, -0.2) is 40.3 Å². The summed E-state index contributed by atoms with van der Waals surface area (Å²) in [6.45, 7) is 5.27. The highest BCUT2D eigenvalue weighted by Crippen LogP contribution is 2.27. The van der Waals surface area contributed by atoms with Gasteiger partial charge in [0, 0.05) is 18.2 Å². The number of aryl methyl sites for hydroxylation is 3. The molecule has 1 aromatic heterocycles. The summed E-state index contributed by atoms with van der Waals surface area (Å²) in [5.74, 6) is -1.16. The van der Waals surface area contributed by atoms with E-state index in [2.05, 4.69) is 4.98 Å². The highest BCUT2D eigenvalue weighted by atomic mass is 16.6. The molecule has 182 valence electrons. The number of nitrogens with one attached hydrogen (secondary N) is 1. The number of hydrogen-bond acceptors (Lipinski definition) is 7. The number of benzene rings is 2. The van der Waals surface area contributed by atoms with E-state index in [1.165, 1.54) is 10.8 Å². The first-order chi connectivity index (χ1) is 16.7. The molecule has 9 nitrogen and oxygen atoms in total. The zero-order valence-corrected chi connectivity index (χ0v) is 19.6. The molecule has 3 atom stereocenters. The molecule has 2 aromatic carbocycles. The van der Waals surface area contributed by atoms with Crippen LogP contribution in [0.2, 0.25) is 0 Å². The van der Waals surface area contributed by atoms with Crippen molar-refractivity contribution in [3.05, 3.63) is 103 Å². The summed E-state index contributed by atoms with van der Waals surface area (Å²) in [5, 5.41) is 0. The lowest BCUT2D eigenvalue weighted by atomic mass is 10.1. The Morgan fingerprint density at radius 2 is 1.37 bits per heavy atom. The van der Waals surface area contributed by atoms with Crippen molar-refractivity contribution >= 4 is 11.9 Å². The van der Waals surface area contributed by atoms with E-state index >= 15 is 0 Å². The average molecular weight is 479 g/mol. The predicted molar refractivity (Wildman–Crippen MR) is 126 cm³/mol. The van der Waals surface area contributed by atoms with E-state index in [1.54, 1.807) is 55.5 Å². The van der Waals surface area contributed by atoms with E-state index in [4.69, 9.17) is 14.2 Å². The molecule has 0 bridgehead atoms. The third kappa shape index (κ3) is 5.58. The number of aromatic nitrogens is 2. The molecule has 1 fully saturated rings. The zero-order valence-electron chi connectivity index (χ0n) is 19.6. The van der Waals surface area contributed by atoms with E-state index in [-0.39, 0.29) is 13.0 Å². The molecular weight excluding hydrogens is 452 g/mol. The molecule has 0 saturated carbocycles. The lowest BCUT2D eigenvalue weighted by Crippen LogP contribution is -2.47. The number of carbonyl (C=O) groups excluding carboxylic acids is 2. The van der Waals surface area contributed by atoms with Crippen molar-refractivity contribution in [2.75, 3.05) is 6.61 Å². The summed E-state index contributed by atoms with van der Waals surface area (Å²) < 4.78 is 18.5. The van der Waals surface area contributed by atoms with Gasteiger partial charge in [0.15, 0.2) is 6.10 Å². The summed E-state index contributed by atoms with van der Waals surface area (Å²) in [7, 11) is 0. The maximum Gasteiger partial charge on any atom is 0.338 e. The number of aromatic amines is 1. The molecule has 1 aliphatic heterocycles. The highest BCUT2D eigenvalue weighted by molar-refractivity contribution is 5.90. The maximum atomic E-state index is 12.9. The van der Waals surface area contributed by atoms with Crippen molar-refractivity contribution in [1.82, 2.24) is 9.55 Å². The molecular formula is C26H26N2O7. The van der Waals surface area contributed by atoms with Crippen LogP contribution in [0.3, 0.4) is 0 Å². The van der Waals surface area contributed by atoms with Gasteiger partial charge in [0.2, 0.25) is 0 Å². The Morgan fingerprint density at radius 1 is 0.857 bits per heavy atom. The minimum atomic E-state index is -0.894. The van der Waals surface area contributed by atoms with Crippen molar-refractivity contribution in [2.24, 2.45) is 0 Å². The summed E-state index contributed by atoms with van der Waals surface area (Å²) in [6, 6.07) is 13.8. The fourth-order valence-electron chi connectivity index (χ4n) is 3.75. The van der Waals surface area contributed by atoms with E-state index in [0.717, 1.165) is 11.1 Å². The molecule has 35 heavy (non-hydrogen) atoms. The minimum Gasteiger partial charge on any atom is -0.455 e. The van der Waals surface area contributed by atoms with Crippen LogP contribution in [0.5, 0.6) is 0 Å². The van der Waals surface area contributed by atoms with Crippen LogP contribution in [0.1, 0.15) is 50.1 Å². The Balaban J connectivity index is 1.58. The Labute approximate surface area is 201 Å². The number of H-pyrrole nitrogens is 1. The standard InChI is InChI=1S/C26H26N2O7/c1-15-4-8-18(9-5-15)24(30)34-20-12-22(28-13-17(3)23(29)27-26(28)32)33-14-21(20)35-25(31)19-10-6-16(2)7-11-19/h4-11,13,20-22H,12,14H2,1-3H3,(H,27,29,32). The Morgan fingerprint density at radius 3 is 1.91 bits per heavy atom. The van der Waals surface area contributed by atoms with Gasteiger partial charge in [0.1, 0.15) is 12.3 Å². The number of hydrogen-bond donors (Lipinski definition) is 1. The average Bonchev–Trinajstić information content (AvgIpc) is 2.83. The van der Waals surface area contributed by atoms with Gasteiger partial charge >= 0.3 is 17.6 Å². The molecule has 2 heterocycles. The molecule has 3 unspecified atom stereocenters. The summed E-state index contributed by atoms with van der Waals surface area (Å²) in [6.07, 6.45) is -1.19. The van der Waals surface area contributed by atoms with Gasteiger partial charge in [-0.25, -0.2) is 14.4 Å². The fourth-order valence-corrected chi connectivity index (χ4v) is 3.75. The predicted octanol–water partition coefficient (Wildman–Crippen LogP) is 2.83. The molecule has 0 aliphatic carbocycles. The summed E-state index contributed by atoms with van der Waals surface area (Å²) in [5.41, 5.74) is 1.88. The molecule has 0 spiro atoms. The van der Waals surface area contributed by atoms with Crippen LogP contribution in [0.25, 0.3) is 0 Å². The van der Waals surface area contributed by atoms with Crippen LogP contribution in [-0.2, 0) is 14.2 Å². The summed E-state index contributed by atoms with van der Waals surface area (Å²) >= 11 is 0. The molecule has 9 heteroatoms. The first-order valence-electron chi connectivity index (χ1n) is 11.2. The molecule has 3 aromatic rings. The maximum absolute atomic E-state index is 12.9. The van der Waals surface area contributed by atoms with Gasteiger partial charge in [-0.2, -0.15) is 0 Å². The van der Waals surface area contributed by atoms with Crippen LogP contribution in [0.15, 0.2) is 64.3 Å². The van der Waals surface area contributed by atoms with Gasteiger partial charge in [-0.05, 0) is 45.0 Å². The van der Waals surface area contributed by atoms with Crippen molar-refractivity contribution in [1.29, 1.82) is 0 Å². The Bertz CT molecular complexity index is 1340. The molecule has 1 N–H and O–H groups in total. The van der Waals surface area contributed by atoms with Gasteiger partial charge in [-0.3, -0.25) is 14.3 Å². The zero-order chi connectivity index (χ0) is 25.1. The smallest absolute Gasteiger partial charge is 0.338 e. The second kappa shape index (κ2) is 10.1. The molecule has 1 saturated heterocycles. The van der Waals surface area contributed by atoms with Crippen LogP contribution < -0.4 is 11.2 Å². The number of carbonyl (C=O) groups is 2. The first-order valence-corrected chi connectivity index (χ1v) is 11.2. The molecule has 1 aliphatic rings. The van der Waals surface area contributed by atoms with E-state index < -0.39 is 41.6 Å². The molecule has 4 rings (SSSR count). The number of esters is 2. The monoisotopic (exact) mass is 478 g/mol. The topological polar surface area (TPSA) is 117 Å². The minimum absolute atomic E-state index is 0.0365. The quantitative estimate of drug-likeness (QED) is 0.561. The normalized spacial score (nSPS) is 19.7. The third-order valence-electron chi connectivity index (χ3n) is 5.85. The second-order valence-electron chi connectivity index (χ2n) is 8.62. The fraction of sp³-hybridized carbons (Fsp3) is 0.308. The van der Waals surface area contributed by atoms with Gasteiger partial charge < -0.3 is 14.2 Å². The number of ether oxygens (including phenoxy) is 3. The Hall–Kier alpha value is -3.98. The molecule has 0 radical (unpaired) electrons. The van der Waals surface area contributed by atoms with E-state index in [9.17, 15) is 19.2 Å². The van der Waals surface area contributed by atoms with E-state index in [0.29, 0.717) is 16.7 Å². The van der Waals surface area contributed by atoms with Crippen LogP contribution >= 0.6 is 0 Å². The van der Waals surface area contributed by atoms with Gasteiger partial charge in [-0.15, -0.1) is 0 Å². The molecule has 0 amide bonds. The first kappa shape index (κ1) is 24.2. The Kier molecular flexibility index (Phi) is 6.97. The second-order valence-corrected chi connectivity index (χ2v) is 8.62. The summed E-state index contributed by atoms with van der Waals surface area (Å²) in [4.78, 5) is 52.0. The highest BCUT2D eigenvalue weighted by Gasteiger charge is 2.38. The number of rotatable bonds is 5. The lowest BCUT2D eigenvalue weighted by molar-refractivity contribution is -0.151. The van der Waals surface area contributed by atoms with Crippen molar-refractivity contribution < 1.29 is 23.8 Å². The van der Waals surface area contributed by atoms with Crippen molar-refractivity contribution in [2.45, 2.75) is 45.6 Å². The van der Waals surface area contributed by atoms with Gasteiger partial charge in [0.25, 0.3) is 5.56 Å². The van der Waals surface area contributed by atoms with Crippen molar-refractivity contribution in [3.63, 3.8) is 0 Å². The van der Waals surface area contributed by atoms with Crippen molar-refractivity contribution in [3.8, 4) is 0 Å². The SMILES string of the molecule is Cc1ccc(C(=O)OC2COC(n3cc(C)c(=O)[nH]c3=O)CC2OC(=O)c2ccc(C)cc2)cc1. The number of nitrogens with zero attached hydrogens (tertiary/aromatic N) is 1.